The molecule has 0 aliphatic rings. The molecule has 0 fully saturated rings. The van der Waals surface area contributed by atoms with Crippen LogP contribution in [0.25, 0.3) is 0 Å². The minimum absolute atomic E-state index is 0.752. The molecule has 0 spiro atoms. The second kappa shape index (κ2) is 7.84. The Morgan fingerprint density at radius 1 is 0.545 bits per heavy atom. The molecule has 0 saturated carbocycles. The molecule has 0 heterocycles. The zero-order chi connectivity index (χ0) is 16.3. The number of aryl methyl sites for hydroxylation is 6. The first kappa shape index (κ1) is 17.8. The van der Waals surface area contributed by atoms with E-state index in [1.54, 1.807) is 11.1 Å². The summed E-state index contributed by atoms with van der Waals surface area (Å²) >= 11 is 1.50. The molecule has 0 bridgehead atoms. The molecule has 0 aromatic heterocycles. The molecule has 0 aliphatic heterocycles. The van der Waals surface area contributed by atoms with Gasteiger partial charge in [-0.05, 0) is 0 Å². The van der Waals surface area contributed by atoms with Crippen molar-refractivity contribution in [2.45, 2.75) is 52.2 Å². The number of benzene rings is 2. The summed E-state index contributed by atoms with van der Waals surface area (Å²) in [4.78, 5) is 0. The molecule has 0 amide bonds. The van der Waals surface area contributed by atoms with Gasteiger partial charge in [0, 0.05) is 0 Å². The Morgan fingerprint density at radius 2 is 0.818 bits per heavy atom. The Morgan fingerprint density at radius 3 is 1.09 bits per heavy atom. The molecule has 2 aromatic carbocycles. The summed E-state index contributed by atoms with van der Waals surface area (Å²) in [5.41, 5.74) is 11.9. The Kier molecular flexibility index (Phi) is 6.35. The molecule has 0 N–H and O–H groups in total. The van der Waals surface area contributed by atoms with E-state index in [9.17, 15) is 0 Å². The van der Waals surface area contributed by atoms with Crippen LogP contribution in [0.4, 0.5) is 0 Å². The molecule has 118 valence electrons. The number of hydrogen-bond donors (Lipinski definition) is 0. The summed E-state index contributed by atoms with van der Waals surface area (Å²) in [6.45, 7) is 13.5. The molecule has 0 radical (unpaired) electrons. The SMILES string of the molecule is Cc1cc(C)c(C[Se][Se]Cc2c(C)cc(C)cc2C)c(C)c1. The van der Waals surface area contributed by atoms with Crippen molar-refractivity contribution >= 4 is 26.3 Å². The Labute approximate surface area is 147 Å². The van der Waals surface area contributed by atoms with Crippen molar-refractivity contribution in [3.8, 4) is 0 Å². The molecule has 0 nitrogen and oxygen atoms in total. The van der Waals surface area contributed by atoms with Gasteiger partial charge in [0.2, 0.25) is 0 Å². The zero-order valence-corrected chi connectivity index (χ0v) is 18.0. The predicted molar refractivity (Wildman–Crippen MR) is 100 cm³/mol. The second-order valence-electron chi connectivity index (χ2n) is 6.28. The standard InChI is InChI=1S/C20H26Se2/c1-13-7-15(3)19(16(4)8-13)11-21-22-12-20-17(5)9-14(2)10-18(20)6/h7-10H,11-12H2,1-6H3. The van der Waals surface area contributed by atoms with Gasteiger partial charge in [-0.3, -0.25) is 0 Å². The maximum atomic E-state index is 2.33. The van der Waals surface area contributed by atoms with Crippen LogP contribution in [-0.2, 0) is 10.6 Å². The van der Waals surface area contributed by atoms with Crippen LogP contribution >= 0.6 is 0 Å². The minimum atomic E-state index is 0.752. The fraction of sp³-hybridized carbons (Fsp3) is 0.400. The summed E-state index contributed by atoms with van der Waals surface area (Å²) < 4.78 is 0. The van der Waals surface area contributed by atoms with E-state index in [0.29, 0.717) is 0 Å². The molecular weight excluding hydrogens is 398 g/mol. The summed E-state index contributed by atoms with van der Waals surface area (Å²) in [6, 6.07) is 9.33. The molecule has 2 rings (SSSR count). The summed E-state index contributed by atoms with van der Waals surface area (Å²) in [5, 5.41) is 2.60. The molecule has 0 unspecified atom stereocenters. The molecule has 0 aliphatic carbocycles. The van der Waals surface area contributed by atoms with E-state index in [2.05, 4.69) is 65.8 Å². The van der Waals surface area contributed by atoms with Crippen LogP contribution in [0.5, 0.6) is 0 Å². The van der Waals surface area contributed by atoms with Crippen molar-refractivity contribution in [1.29, 1.82) is 0 Å². The van der Waals surface area contributed by atoms with E-state index < -0.39 is 0 Å². The van der Waals surface area contributed by atoms with Gasteiger partial charge in [-0.25, -0.2) is 0 Å². The fourth-order valence-electron chi connectivity index (χ4n) is 3.08. The molecule has 2 heteroatoms. The maximum absolute atomic E-state index is 2.33. The third kappa shape index (κ3) is 4.49. The number of hydrogen-bond acceptors (Lipinski definition) is 0. The van der Waals surface area contributed by atoms with Gasteiger partial charge in [0.05, 0.1) is 0 Å². The molecular formula is C20H26Se2. The molecule has 2 aromatic rings. The summed E-state index contributed by atoms with van der Waals surface area (Å²) in [5.74, 6) is 0. The third-order valence-corrected chi connectivity index (χ3v) is 10.6. The van der Waals surface area contributed by atoms with E-state index in [0.717, 1.165) is 26.3 Å². The van der Waals surface area contributed by atoms with Crippen LogP contribution in [0.15, 0.2) is 24.3 Å². The Hall–Kier alpha value is -0.521. The summed E-state index contributed by atoms with van der Waals surface area (Å²) in [7, 11) is 0. The molecule has 22 heavy (non-hydrogen) atoms. The van der Waals surface area contributed by atoms with Gasteiger partial charge < -0.3 is 0 Å². The first-order valence-electron chi connectivity index (χ1n) is 7.76. The van der Waals surface area contributed by atoms with Gasteiger partial charge >= 0.3 is 147 Å². The van der Waals surface area contributed by atoms with Crippen molar-refractivity contribution in [3.05, 3.63) is 68.8 Å². The third-order valence-electron chi connectivity index (χ3n) is 4.17. The van der Waals surface area contributed by atoms with Crippen LogP contribution in [0, 0.1) is 41.5 Å². The Balaban J connectivity index is 1.96. The van der Waals surface area contributed by atoms with E-state index in [1.165, 1.54) is 44.0 Å². The first-order valence-corrected chi connectivity index (χ1v) is 14.5. The first-order chi connectivity index (χ1) is 10.4. The van der Waals surface area contributed by atoms with Crippen LogP contribution in [0.1, 0.15) is 44.5 Å². The van der Waals surface area contributed by atoms with Crippen molar-refractivity contribution in [3.63, 3.8) is 0 Å². The van der Waals surface area contributed by atoms with Crippen molar-refractivity contribution < 1.29 is 0 Å². The Bertz CT molecular complexity index is 566. The van der Waals surface area contributed by atoms with Gasteiger partial charge in [0.25, 0.3) is 0 Å². The predicted octanol–water partition coefficient (Wildman–Crippen LogP) is 4.56. The zero-order valence-electron chi connectivity index (χ0n) is 14.5. The van der Waals surface area contributed by atoms with Crippen LogP contribution in [-0.4, -0.2) is 26.3 Å². The van der Waals surface area contributed by atoms with Gasteiger partial charge in [0.15, 0.2) is 0 Å². The van der Waals surface area contributed by atoms with Gasteiger partial charge in [-0.15, -0.1) is 0 Å². The van der Waals surface area contributed by atoms with Crippen LogP contribution in [0.3, 0.4) is 0 Å². The van der Waals surface area contributed by atoms with E-state index in [-0.39, 0.29) is 0 Å². The fourth-order valence-corrected chi connectivity index (χ4v) is 10.2. The van der Waals surface area contributed by atoms with E-state index in [4.69, 9.17) is 0 Å². The monoisotopic (exact) mass is 426 g/mol. The molecule has 0 atom stereocenters. The van der Waals surface area contributed by atoms with Crippen molar-refractivity contribution in [1.82, 2.24) is 0 Å². The quantitative estimate of drug-likeness (QED) is 0.488. The molecule has 0 saturated heterocycles. The normalized spacial score (nSPS) is 11.0. The average Bonchev–Trinajstić information content (AvgIpc) is 2.38. The van der Waals surface area contributed by atoms with Crippen LogP contribution < -0.4 is 0 Å². The van der Waals surface area contributed by atoms with Crippen LogP contribution in [0.2, 0.25) is 0 Å². The number of rotatable bonds is 5. The van der Waals surface area contributed by atoms with Gasteiger partial charge in [0.1, 0.15) is 0 Å². The van der Waals surface area contributed by atoms with E-state index >= 15 is 0 Å². The van der Waals surface area contributed by atoms with E-state index in [1.807, 2.05) is 0 Å². The van der Waals surface area contributed by atoms with Gasteiger partial charge in [-0.1, -0.05) is 0 Å². The van der Waals surface area contributed by atoms with Gasteiger partial charge in [-0.2, -0.15) is 0 Å². The summed E-state index contributed by atoms with van der Waals surface area (Å²) in [6.07, 6.45) is 0. The topological polar surface area (TPSA) is 0 Å². The van der Waals surface area contributed by atoms with Crippen molar-refractivity contribution in [2.75, 3.05) is 0 Å². The van der Waals surface area contributed by atoms with Crippen molar-refractivity contribution in [2.24, 2.45) is 0 Å². The second-order valence-corrected chi connectivity index (χ2v) is 13.6. The average molecular weight is 424 g/mol.